The van der Waals surface area contributed by atoms with E-state index in [1.54, 1.807) is 6.07 Å². The van der Waals surface area contributed by atoms with Crippen LogP contribution >= 0.6 is 0 Å². The molecule has 5 rings (SSSR count). The van der Waals surface area contributed by atoms with E-state index in [0.29, 0.717) is 28.7 Å². The Bertz CT molecular complexity index is 1150. The molecular formula is C23H26N6O2. The van der Waals surface area contributed by atoms with E-state index >= 15 is 0 Å². The van der Waals surface area contributed by atoms with Crippen LogP contribution in [0.5, 0.6) is 0 Å². The topological polar surface area (TPSA) is 99.2 Å². The highest BCUT2D eigenvalue weighted by molar-refractivity contribution is 5.80. The van der Waals surface area contributed by atoms with Gasteiger partial charge in [-0.25, -0.2) is 14.6 Å². The predicted octanol–water partition coefficient (Wildman–Crippen LogP) is 2.90. The van der Waals surface area contributed by atoms with Gasteiger partial charge in [-0.3, -0.25) is 4.79 Å². The monoisotopic (exact) mass is 418 g/mol. The predicted molar refractivity (Wildman–Crippen MR) is 120 cm³/mol. The van der Waals surface area contributed by atoms with Gasteiger partial charge in [-0.2, -0.15) is 5.10 Å². The first kappa shape index (κ1) is 19.7. The second kappa shape index (κ2) is 7.77. The van der Waals surface area contributed by atoms with Gasteiger partial charge in [-0.1, -0.05) is 30.3 Å². The zero-order valence-corrected chi connectivity index (χ0v) is 17.7. The van der Waals surface area contributed by atoms with Crippen molar-refractivity contribution in [1.82, 2.24) is 19.7 Å². The van der Waals surface area contributed by atoms with Gasteiger partial charge in [0.15, 0.2) is 11.6 Å². The van der Waals surface area contributed by atoms with Crippen LogP contribution in [0, 0.1) is 0 Å². The molecule has 0 aliphatic carbocycles. The van der Waals surface area contributed by atoms with E-state index in [1.807, 2.05) is 44.2 Å². The van der Waals surface area contributed by atoms with Crippen molar-refractivity contribution in [2.24, 2.45) is 0 Å². The van der Waals surface area contributed by atoms with Gasteiger partial charge >= 0.3 is 0 Å². The van der Waals surface area contributed by atoms with Crippen molar-refractivity contribution in [3.63, 3.8) is 0 Å². The van der Waals surface area contributed by atoms with Gasteiger partial charge in [0.25, 0.3) is 5.56 Å². The number of aromatic nitrogens is 4. The average Bonchev–Trinajstić information content (AvgIpc) is 3.12. The van der Waals surface area contributed by atoms with Crippen LogP contribution in [0.25, 0.3) is 22.6 Å². The van der Waals surface area contributed by atoms with E-state index in [9.17, 15) is 4.79 Å². The maximum absolute atomic E-state index is 12.3. The standard InChI is InChI=1S/C23H26N6O2/c1-14(2)29-19(30)11-10-18(27-29)21-20(15-6-4-3-5-7-15)25-22(24)23(26-21)28-12-16-8-9-17(13-28)31-16/h3-7,10-11,14,16-17H,8-9,12-13H2,1-2H3,(H2,24,25). The molecule has 2 bridgehead atoms. The Balaban J connectivity index is 1.67. The van der Waals surface area contributed by atoms with E-state index in [1.165, 1.54) is 10.7 Å². The molecule has 2 saturated heterocycles. The zero-order chi connectivity index (χ0) is 21.5. The molecule has 4 heterocycles. The third-order valence-electron chi connectivity index (χ3n) is 5.85. The smallest absolute Gasteiger partial charge is 0.267 e. The van der Waals surface area contributed by atoms with Crippen LogP contribution < -0.4 is 16.2 Å². The fraction of sp³-hybridized carbons (Fsp3) is 0.391. The van der Waals surface area contributed by atoms with Crippen molar-refractivity contribution in [3.8, 4) is 22.6 Å². The molecule has 2 fully saturated rings. The first-order valence-corrected chi connectivity index (χ1v) is 10.7. The highest BCUT2D eigenvalue weighted by Gasteiger charge is 2.35. The lowest BCUT2D eigenvalue weighted by molar-refractivity contribution is 0.0302. The highest BCUT2D eigenvalue weighted by atomic mass is 16.5. The van der Waals surface area contributed by atoms with Crippen LogP contribution in [0.4, 0.5) is 11.6 Å². The first-order chi connectivity index (χ1) is 15.0. The summed E-state index contributed by atoms with van der Waals surface area (Å²) in [5, 5.41) is 4.60. The van der Waals surface area contributed by atoms with Gasteiger partial charge in [0.2, 0.25) is 0 Å². The molecule has 160 valence electrons. The number of morpholine rings is 1. The molecule has 0 radical (unpaired) electrons. The highest BCUT2D eigenvalue weighted by Crippen LogP contribution is 2.35. The van der Waals surface area contributed by atoms with Crippen LogP contribution in [0.2, 0.25) is 0 Å². The minimum absolute atomic E-state index is 0.0660. The Kier molecular flexibility index (Phi) is 4.94. The Morgan fingerprint density at radius 3 is 2.39 bits per heavy atom. The molecular weight excluding hydrogens is 392 g/mol. The fourth-order valence-electron chi connectivity index (χ4n) is 4.36. The largest absolute Gasteiger partial charge is 0.381 e. The number of benzene rings is 1. The SMILES string of the molecule is CC(C)n1nc(-c2nc(N3CC4CCC(C3)O4)c(N)nc2-c2ccccc2)ccc1=O. The lowest BCUT2D eigenvalue weighted by atomic mass is 10.1. The average molecular weight is 419 g/mol. The maximum atomic E-state index is 12.3. The minimum Gasteiger partial charge on any atom is -0.381 e. The summed E-state index contributed by atoms with van der Waals surface area (Å²) in [5.74, 6) is 1.04. The molecule has 3 aromatic rings. The molecule has 2 N–H and O–H groups in total. The molecule has 31 heavy (non-hydrogen) atoms. The Hall–Kier alpha value is -3.26. The maximum Gasteiger partial charge on any atom is 0.267 e. The van der Waals surface area contributed by atoms with Crippen LogP contribution in [-0.2, 0) is 4.74 Å². The third kappa shape index (κ3) is 3.67. The van der Waals surface area contributed by atoms with E-state index in [2.05, 4.69) is 10.00 Å². The Morgan fingerprint density at radius 1 is 1.00 bits per heavy atom. The molecule has 0 spiro atoms. The lowest BCUT2D eigenvalue weighted by Gasteiger charge is -2.33. The second-order valence-electron chi connectivity index (χ2n) is 8.45. The van der Waals surface area contributed by atoms with Crippen molar-refractivity contribution in [2.75, 3.05) is 23.7 Å². The van der Waals surface area contributed by atoms with E-state index in [-0.39, 0.29) is 23.8 Å². The summed E-state index contributed by atoms with van der Waals surface area (Å²) >= 11 is 0. The van der Waals surface area contributed by atoms with E-state index in [4.69, 9.17) is 20.4 Å². The van der Waals surface area contributed by atoms with Crippen LogP contribution in [0.1, 0.15) is 32.7 Å². The number of anilines is 2. The van der Waals surface area contributed by atoms with Crippen LogP contribution in [-0.4, -0.2) is 45.0 Å². The van der Waals surface area contributed by atoms with Crippen molar-refractivity contribution < 1.29 is 4.74 Å². The molecule has 2 unspecified atom stereocenters. The molecule has 2 aliphatic rings. The summed E-state index contributed by atoms with van der Waals surface area (Å²) in [6.07, 6.45) is 2.53. The summed E-state index contributed by atoms with van der Waals surface area (Å²) in [4.78, 5) is 24.2. The number of ether oxygens (including phenoxy) is 1. The molecule has 0 saturated carbocycles. The summed E-state index contributed by atoms with van der Waals surface area (Å²) in [7, 11) is 0. The summed E-state index contributed by atoms with van der Waals surface area (Å²) < 4.78 is 7.44. The van der Waals surface area contributed by atoms with Crippen LogP contribution in [0.15, 0.2) is 47.3 Å². The minimum atomic E-state index is -0.145. The van der Waals surface area contributed by atoms with Crippen molar-refractivity contribution >= 4 is 11.6 Å². The lowest BCUT2D eigenvalue weighted by Crippen LogP contribution is -2.43. The Labute approximate surface area is 180 Å². The van der Waals surface area contributed by atoms with Gasteiger partial charge < -0.3 is 15.4 Å². The van der Waals surface area contributed by atoms with E-state index in [0.717, 1.165) is 31.5 Å². The van der Waals surface area contributed by atoms with Crippen molar-refractivity contribution in [1.29, 1.82) is 0 Å². The quantitative estimate of drug-likeness (QED) is 0.695. The zero-order valence-electron chi connectivity index (χ0n) is 17.7. The number of nitrogens with two attached hydrogens (primary N) is 1. The number of nitrogens with zero attached hydrogens (tertiary/aromatic N) is 5. The van der Waals surface area contributed by atoms with Crippen LogP contribution in [0.3, 0.4) is 0 Å². The second-order valence-corrected chi connectivity index (χ2v) is 8.45. The Morgan fingerprint density at radius 2 is 1.71 bits per heavy atom. The van der Waals surface area contributed by atoms with Gasteiger partial charge in [0.1, 0.15) is 17.1 Å². The summed E-state index contributed by atoms with van der Waals surface area (Å²) in [6, 6.07) is 13.0. The van der Waals surface area contributed by atoms with Gasteiger partial charge in [0, 0.05) is 24.7 Å². The van der Waals surface area contributed by atoms with Gasteiger partial charge in [-0.15, -0.1) is 0 Å². The molecule has 8 nitrogen and oxygen atoms in total. The number of rotatable bonds is 4. The van der Waals surface area contributed by atoms with E-state index < -0.39 is 0 Å². The van der Waals surface area contributed by atoms with Gasteiger partial charge in [-0.05, 0) is 32.8 Å². The number of hydrogen-bond acceptors (Lipinski definition) is 7. The molecule has 2 aliphatic heterocycles. The molecule has 8 heteroatoms. The first-order valence-electron chi connectivity index (χ1n) is 10.7. The van der Waals surface area contributed by atoms with Crippen molar-refractivity contribution in [3.05, 3.63) is 52.8 Å². The molecule has 2 atom stereocenters. The number of fused-ring (bicyclic) bond motifs is 2. The summed E-state index contributed by atoms with van der Waals surface area (Å²) in [5.41, 5.74) is 9.03. The van der Waals surface area contributed by atoms with Crippen molar-refractivity contribution in [2.45, 2.75) is 44.9 Å². The molecule has 1 aromatic carbocycles. The normalized spacial score (nSPS) is 20.4. The third-order valence-corrected chi connectivity index (χ3v) is 5.85. The molecule has 2 aromatic heterocycles. The molecule has 0 amide bonds. The van der Waals surface area contributed by atoms with Gasteiger partial charge in [0.05, 0.1) is 18.2 Å². The number of hydrogen-bond donors (Lipinski definition) is 1. The number of nitrogen functional groups attached to an aromatic ring is 1. The fourth-order valence-corrected chi connectivity index (χ4v) is 4.36. The summed E-state index contributed by atoms with van der Waals surface area (Å²) in [6.45, 7) is 5.36.